The van der Waals surface area contributed by atoms with E-state index in [-0.39, 0.29) is 0 Å². The van der Waals surface area contributed by atoms with E-state index >= 15 is 0 Å². The van der Waals surface area contributed by atoms with Crippen LogP contribution in [0.15, 0.2) is 18.3 Å². The Morgan fingerprint density at radius 3 is 2.20 bits per heavy atom. The summed E-state index contributed by atoms with van der Waals surface area (Å²) in [6.07, 6.45) is 3.90. The van der Waals surface area contributed by atoms with Gasteiger partial charge in [0.05, 0.1) is 10.1 Å². The van der Waals surface area contributed by atoms with Crippen molar-refractivity contribution in [1.29, 1.82) is 0 Å². The van der Waals surface area contributed by atoms with Gasteiger partial charge in [-0.3, -0.25) is 0 Å². The van der Waals surface area contributed by atoms with Crippen LogP contribution in [-0.4, -0.2) is 19.2 Å². The standard InChI is InChI=1S/C9H14N.CH4O3S/c1-4-9-6-5-8(2)10(3)7-9;1-5(2,3)4/h5-7H,4H2,1-3H3;1H3,(H,2,3,4)/q+1;/p-1. The third kappa shape index (κ3) is 8.08. The Labute approximate surface area is 91.3 Å². The van der Waals surface area contributed by atoms with Crippen molar-refractivity contribution in [3.63, 3.8) is 0 Å². The van der Waals surface area contributed by atoms with Crippen LogP contribution in [0.2, 0.25) is 0 Å². The Morgan fingerprint density at radius 1 is 1.40 bits per heavy atom. The molecule has 1 heterocycles. The number of rotatable bonds is 1. The van der Waals surface area contributed by atoms with Crippen LogP contribution in [0.3, 0.4) is 0 Å². The van der Waals surface area contributed by atoms with E-state index in [4.69, 9.17) is 13.0 Å². The minimum atomic E-state index is -3.92. The Morgan fingerprint density at radius 2 is 1.87 bits per heavy atom. The average Bonchev–Trinajstić information content (AvgIpc) is 2.07. The summed E-state index contributed by atoms with van der Waals surface area (Å²) >= 11 is 0. The lowest BCUT2D eigenvalue weighted by atomic mass is 10.2. The fourth-order valence-corrected chi connectivity index (χ4v) is 0.948. The van der Waals surface area contributed by atoms with Crippen molar-refractivity contribution in [3.05, 3.63) is 29.6 Å². The summed E-state index contributed by atoms with van der Waals surface area (Å²) in [6, 6.07) is 4.33. The molecular weight excluding hydrogens is 214 g/mol. The van der Waals surface area contributed by atoms with Gasteiger partial charge in [0.25, 0.3) is 0 Å². The molecular formula is C10H17NO3S. The Bertz CT molecular complexity index is 405. The average molecular weight is 231 g/mol. The van der Waals surface area contributed by atoms with Gasteiger partial charge in [-0.15, -0.1) is 0 Å². The first-order chi connectivity index (χ1) is 6.74. The van der Waals surface area contributed by atoms with E-state index in [1.807, 2.05) is 0 Å². The summed E-state index contributed by atoms with van der Waals surface area (Å²) in [6.45, 7) is 4.28. The van der Waals surface area contributed by atoms with Gasteiger partial charge in [0.15, 0.2) is 11.9 Å². The zero-order chi connectivity index (χ0) is 12.1. The first-order valence-electron chi connectivity index (χ1n) is 4.60. The molecule has 0 saturated carbocycles. The molecule has 15 heavy (non-hydrogen) atoms. The summed E-state index contributed by atoms with van der Waals surface area (Å²) in [5.41, 5.74) is 2.70. The largest absolute Gasteiger partial charge is 0.748 e. The normalized spacial score (nSPS) is 10.5. The van der Waals surface area contributed by atoms with Crippen LogP contribution in [0.5, 0.6) is 0 Å². The lowest BCUT2D eigenvalue weighted by Crippen LogP contribution is -2.31. The molecule has 1 rings (SSSR count). The number of aryl methyl sites for hydroxylation is 3. The smallest absolute Gasteiger partial charge is 0.177 e. The van der Waals surface area contributed by atoms with Crippen molar-refractivity contribution in [2.75, 3.05) is 6.26 Å². The molecule has 0 bridgehead atoms. The summed E-state index contributed by atoms with van der Waals surface area (Å²) in [4.78, 5) is 0. The molecule has 0 unspecified atom stereocenters. The quantitative estimate of drug-likeness (QED) is 0.523. The number of hydrogen-bond acceptors (Lipinski definition) is 3. The maximum atomic E-state index is 9.08. The fourth-order valence-electron chi connectivity index (χ4n) is 0.948. The van der Waals surface area contributed by atoms with E-state index in [2.05, 4.69) is 43.8 Å². The first-order valence-corrected chi connectivity index (χ1v) is 6.41. The lowest BCUT2D eigenvalue weighted by molar-refractivity contribution is -0.678. The molecule has 0 aliphatic carbocycles. The second kappa shape index (κ2) is 5.82. The van der Waals surface area contributed by atoms with Gasteiger partial charge < -0.3 is 4.55 Å². The van der Waals surface area contributed by atoms with Crippen LogP contribution in [0.1, 0.15) is 18.2 Å². The molecule has 0 aliphatic rings. The van der Waals surface area contributed by atoms with Crippen LogP contribution in [0, 0.1) is 6.92 Å². The Hall–Kier alpha value is -0.940. The minimum Gasteiger partial charge on any atom is -0.748 e. The molecule has 5 heteroatoms. The third-order valence-corrected chi connectivity index (χ3v) is 1.86. The molecule has 1 aromatic rings. The summed E-state index contributed by atoms with van der Waals surface area (Å²) in [7, 11) is -1.84. The molecule has 0 N–H and O–H groups in total. The van der Waals surface area contributed by atoms with E-state index in [0.717, 1.165) is 6.42 Å². The van der Waals surface area contributed by atoms with Gasteiger partial charge >= 0.3 is 0 Å². The highest BCUT2D eigenvalue weighted by atomic mass is 32.2. The van der Waals surface area contributed by atoms with Gasteiger partial charge in [0, 0.05) is 24.8 Å². The van der Waals surface area contributed by atoms with E-state index in [0.29, 0.717) is 6.26 Å². The Balaban J connectivity index is 0.000000336. The van der Waals surface area contributed by atoms with Gasteiger partial charge in [-0.1, -0.05) is 6.92 Å². The highest BCUT2D eigenvalue weighted by molar-refractivity contribution is 7.84. The fraction of sp³-hybridized carbons (Fsp3) is 0.500. The highest BCUT2D eigenvalue weighted by Gasteiger charge is 1.99. The first kappa shape index (κ1) is 14.1. The molecule has 0 radical (unpaired) electrons. The monoisotopic (exact) mass is 231 g/mol. The maximum Gasteiger partial charge on any atom is 0.177 e. The van der Waals surface area contributed by atoms with Crippen molar-refractivity contribution >= 4 is 10.1 Å². The predicted molar refractivity (Wildman–Crippen MR) is 57.4 cm³/mol. The van der Waals surface area contributed by atoms with Crippen molar-refractivity contribution in [3.8, 4) is 0 Å². The van der Waals surface area contributed by atoms with E-state index < -0.39 is 10.1 Å². The van der Waals surface area contributed by atoms with Gasteiger partial charge in [-0.25, -0.2) is 13.0 Å². The van der Waals surface area contributed by atoms with Crippen LogP contribution < -0.4 is 4.57 Å². The molecule has 0 aromatic carbocycles. The van der Waals surface area contributed by atoms with E-state index in [1.54, 1.807) is 0 Å². The minimum absolute atomic E-state index is 0.604. The number of hydrogen-bond donors (Lipinski definition) is 0. The third-order valence-electron chi connectivity index (χ3n) is 1.86. The van der Waals surface area contributed by atoms with E-state index in [9.17, 15) is 0 Å². The van der Waals surface area contributed by atoms with Gasteiger partial charge in [0.1, 0.15) is 7.05 Å². The van der Waals surface area contributed by atoms with Crippen molar-refractivity contribution in [1.82, 2.24) is 0 Å². The molecule has 86 valence electrons. The lowest BCUT2D eigenvalue weighted by Gasteiger charge is -1.95. The summed E-state index contributed by atoms with van der Waals surface area (Å²) in [5.74, 6) is 0. The second-order valence-electron chi connectivity index (χ2n) is 3.35. The molecule has 4 nitrogen and oxygen atoms in total. The molecule has 0 fully saturated rings. The molecule has 0 amide bonds. The molecule has 0 aliphatic heterocycles. The van der Waals surface area contributed by atoms with Crippen molar-refractivity contribution in [2.24, 2.45) is 7.05 Å². The Kier molecular flexibility index (Phi) is 5.46. The summed E-state index contributed by atoms with van der Waals surface area (Å²) < 4.78 is 29.4. The van der Waals surface area contributed by atoms with E-state index in [1.165, 1.54) is 11.3 Å². The summed E-state index contributed by atoms with van der Waals surface area (Å²) in [5, 5.41) is 0. The van der Waals surface area contributed by atoms with Crippen molar-refractivity contribution < 1.29 is 17.5 Å². The molecule has 0 spiro atoms. The predicted octanol–water partition coefficient (Wildman–Crippen LogP) is 0.543. The SMILES string of the molecule is CCc1ccc(C)[n+](C)c1.CS(=O)(=O)[O-]. The zero-order valence-electron chi connectivity index (χ0n) is 9.52. The van der Waals surface area contributed by atoms with Gasteiger partial charge in [-0.2, -0.15) is 0 Å². The number of nitrogens with zero attached hydrogens (tertiary/aromatic N) is 1. The zero-order valence-corrected chi connectivity index (χ0v) is 10.3. The molecule has 0 atom stereocenters. The van der Waals surface area contributed by atoms with Crippen LogP contribution >= 0.6 is 0 Å². The van der Waals surface area contributed by atoms with Gasteiger partial charge in [-0.05, 0) is 12.5 Å². The highest BCUT2D eigenvalue weighted by Crippen LogP contribution is 1.96. The second-order valence-corrected chi connectivity index (χ2v) is 4.76. The molecule has 1 aromatic heterocycles. The number of aromatic nitrogens is 1. The number of pyridine rings is 1. The topological polar surface area (TPSA) is 61.1 Å². The molecule has 0 saturated heterocycles. The van der Waals surface area contributed by atoms with Gasteiger partial charge in [0.2, 0.25) is 0 Å². The van der Waals surface area contributed by atoms with Crippen LogP contribution in [-0.2, 0) is 23.6 Å². The van der Waals surface area contributed by atoms with Crippen LogP contribution in [0.4, 0.5) is 0 Å². The maximum absolute atomic E-state index is 9.08. The van der Waals surface area contributed by atoms with Crippen molar-refractivity contribution in [2.45, 2.75) is 20.3 Å². The van der Waals surface area contributed by atoms with Crippen LogP contribution in [0.25, 0.3) is 0 Å².